The van der Waals surface area contributed by atoms with Crippen LogP contribution in [0.15, 0.2) is 59.8 Å². The van der Waals surface area contributed by atoms with Crippen molar-refractivity contribution in [2.45, 2.75) is 49.4 Å². The van der Waals surface area contributed by atoms with E-state index in [-0.39, 0.29) is 22.9 Å². The van der Waals surface area contributed by atoms with Crippen LogP contribution in [0.25, 0.3) is 5.69 Å². The second kappa shape index (κ2) is 12.1. The molecule has 3 aromatic carbocycles. The number of hydrogen-bond acceptors (Lipinski definition) is 4. The summed E-state index contributed by atoms with van der Waals surface area (Å²) in [7, 11) is 3.80. The molecule has 0 saturated carbocycles. The molecule has 5 rings (SSSR count). The Labute approximate surface area is 248 Å². The summed E-state index contributed by atoms with van der Waals surface area (Å²) in [6.45, 7) is 5.13. The van der Waals surface area contributed by atoms with Crippen LogP contribution >= 0.6 is 23.4 Å². The van der Waals surface area contributed by atoms with Crippen molar-refractivity contribution in [3.8, 4) is 11.4 Å². The highest BCUT2D eigenvalue weighted by Crippen LogP contribution is 2.46. The normalized spacial score (nSPS) is 16.7. The largest absolute Gasteiger partial charge is 0.492 e. The van der Waals surface area contributed by atoms with E-state index in [2.05, 4.69) is 13.0 Å². The molecule has 0 bridgehead atoms. The first-order valence-electron chi connectivity index (χ1n) is 13.6. The average Bonchev–Trinajstić information content (AvgIpc) is 3.30. The van der Waals surface area contributed by atoms with Crippen molar-refractivity contribution in [3.63, 3.8) is 0 Å². The molecule has 1 atom stereocenters. The van der Waals surface area contributed by atoms with E-state index in [1.165, 1.54) is 36.0 Å². The maximum atomic E-state index is 15.1. The minimum atomic E-state index is -0.663. The van der Waals surface area contributed by atoms with E-state index < -0.39 is 17.0 Å². The van der Waals surface area contributed by atoms with Crippen molar-refractivity contribution in [1.82, 2.24) is 14.5 Å². The van der Waals surface area contributed by atoms with E-state index in [0.717, 1.165) is 47.5 Å². The van der Waals surface area contributed by atoms with Gasteiger partial charge in [-0.3, -0.25) is 4.57 Å². The van der Waals surface area contributed by atoms with Crippen LogP contribution in [0.1, 0.15) is 47.8 Å². The van der Waals surface area contributed by atoms with Crippen LogP contribution < -0.4 is 4.74 Å². The SMILES string of the molecule is Cc1cc(C2(C)CCCc3nc(SCc4c(F)cc(OCCN(C)C)cc4F)n(-c4ccc(F)cc4)c32)ccc1Cl. The van der Waals surface area contributed by atoms with Crippen LogP contribution in [0.3, 0.4) is 0 Å². The molecule has 9 heteroatoms. The monoisotopic (exact) mass is 599 g/mol. The molecule has 1 unspecified atom stereocenters. The predicted octanol–water partition coefficient (Wildman–Crippen LogP) is 8.13. The van der Waals surface area contributed by atoms with Crippen LogP contribution in [-0.4, -0.2) is 41.7 Å². The Balaban J connectivity index is 1.53. The molecule has 4 aromatic rings. The molecule has 0 spiro atoms. The van der Waals surface area contributed by atoms with Crippen LogP contribution in [0.4, 0.5) is 13.2 Å². The highest BCUT2D eigenvalue weighted by atomic mass is 35.5. The molecule has 0 saturated heterocycles. The van der Waals surface area contributed by atoms with Gasteiger partial charge in [-0.15, -0.1) is 0 Å². The van der Waals surface area contributed by atoms with Gasteiger partial charge in [0.25, 0.3) is 0 Å². The summed E-state index contributed by atoms with van der Waals surface area (Å²) < 4.78 is 51.7. The number of hydrogen-bond donors (Lipinski definition) is 0. The molecule has 0 N–H and O–H groups in total. The van der Waals surface area contributed by atoms with Crippen LogP contribution in [0.5, 0.6) is 5.75 Å². The lowest BCUT2D eigenvalue weighted by Gasteiger charge is -2.36. The summed E-state index contributed by atoms with van der Waals surface area (Å²) in [5.41, 5.74) is 4.34. The van der Waals surface area contributed by atoms with Crippen molar-refractivity contribution >= 4 is 23.4 Å². The molecule has 0 aliphatic heterocycles. The fraction of sp³-hybridized carbons (Fsp3) is 0.344. The maximum Gasteiger partial charge on any atom is 0.173 e. The molecule has 216 valence electrons. The molecule has 1 aliphatic rings. The highest BCUT2D eigenvalue weighted by molar-refractivity contribution is 7.98. The number of halogens is 4. The van der Waals surface area contributed by atoms with Gasteiger partial charge in [-0.05, 0) is 88.7 Å². The highest BCUT2D eigenvalue weighted by Gasteiger charge is 2.39. The molecule has 0 fully saturated rings. The van der Waals surface area contributed by atoms with Gasteiger partial charge in [0, 0.05) is 46.1 Å². The van der Waals surface area contributed by atoms with Crippen molar-refractivity contribution in [2.24, 2.45) is 0 Å². The number of likely N-dealkylation sites (N-methyl/N-ethyl adjacent to an activating group) is 1. The number of aryl methyl sites for hydroxylation is 2. The van der Waals surface area contributed by atoms with Gasteiger partial charge in [0.1, 0.15) is 29.8 Å². The molecule has 41 heavy (non-hydrogen) atoms. The third-order valence-electron chi connectivity index (χ3n) is 7.68. The van der Waals surface area contributed by atoms with Gasteiger partial charge in [-0.1, -0.05) is 35.5 Å². The number of rotatable bonds is 9. The standard InChI is InChI=1S/C32H33ClF3N3OS/c1-20-16-21(7-12-26(20)33)32(2)13-5-6-29-30(32)39(23-10-8-22(34)9-11-23)31(37-29)41-19-25-27(35)17-24(18-28(25)36)40-15-14-38(3)4/h7-12,16-18H,5-6,13-15,19H2,1-4H3. The first kappa shape index (κ1) is 29.5. The van der Waals surface area contributed by atoms with E-state index in [9.17, 15) is 4.39 Å². The van der Waals surface area contributed by atoms with E-state index >= 15 is 8.78 Å². The fourth-order valence-electron chi connectivity index (χ4n) is 5.39. The van der Waals surface area contributed by atoms with Gasteiger partial charge < -0.3 is 9.64 Å². The number of thioether (sulfide) groups is 1. The Morgan fingerprint density at radius 2 is 1.76 bits per heavy atom. The lowest BCUT2D eigenvalue weighted by Crippen LogP contribution is -2.31. The van der Waals surface area contributed by atoms with Crippen molar-refractivity contribution in [3.05, 3.63) is 105 Å². The molecule has 0 amide bonds. The molecule has 0 radical (unpaired) electrons. The topological polar surface area (TPSA) is 30.3 Å². The molecule has 1 aromatic heterocycles. The lowest BCUT2D eigenvalue weighted by molar-refractivity contribution is 0.259. The summed E-state index contributed by atoms with van der Waals surface area (Å²) in [6.07, 6.45) is 2.60. The molecule has 1 heterocycles. The number of benzene rings is 3. The molecular formula is C32H33ClF3N3OS. The zero-order valence-corrected chi connectivity index (χ0v) is 25.2. The van der Waals surface area contributed by atoms with E-state index in [0.29, 0.717) is 23.3 Å². The Hall–Kier alpha value is -2.94. The van der Waals surface area contributed by atoms with Gasteiger partial charge in [-0.25, -0.2) is 18.2 Å². The zero-order chi connectivity index (χ0) is 29.3. The van der Waals surface area contributed by atoms with Gasteiger partial charge in [-0.2, -0.15) is 0 Å². The van der Waals surface area contributed by atoms with Gasteiger partial charge in [0.2, 0.25) is 0 Å². The molecule has 4 nitrogen and oxygen atoms in total. The van der Waals surface area contributed by atoms with Crippen LogP contribution in [-0.2, 0) is 17.6 Å². The van der Waals surface area contributed by atoms with E-state index in [4.69, 9.17) is 21.3 Å². The number of fused-ring (bicyclic) bond motifs is 1. The summed E-state index contributed by atoms with van der Waals surface area (Å²) >= 11 is 7.62. The first-order valence-corrected chi connectivity index (χ1v) is 15.0. The molecular weight excluding hydrogens is 567 g/mol. The summed E-state index contributed by atoms with van der Waals surface area (Å²) in [5.74, 6) is -1.48. The van der Waals surface area contributed by atoms with E-state index in [1.807, 2.05) is 42.6 Å². The minimum Gasteiger partial charge on any atom is -0.492 e. The Morgan fingerprint density at radius 1 is 1.05 bits per heavy atom. The maximum absolute atomic E-state index is 15.1. The first-order chi connectivity index (χ1) is 19.6. The average molecular weight is 600 g/mol. The smallest absolute Gasteiger partial charge is 0.173 e. The second-order valence-corrected chi connectivity index (χ2v) is 12.3. The number of aromatic nitrogens is 2. The second-order valence-electron chi connectivity index (χ2n) is 11.0. The van der Waals surface area contributed by atoms with Gasteiger partial charge in [0.15, 0.2) is 5.16 Å². The van der Waals surface area contributed by atoms with Crippen LogP contribution in [0, 0.1) is 24.4 Å². The third-order valence-corrected chi connectivity index (χ3v) is 9.07. The molecule has 1 aliphatic carbocycles. The minimum absolute atomic E-state index is 0.0312. The summed E-state index contributed by atoms with van der Waals surface area (Å²) in [5, 5.41) is 1.31. The Bertz CT molecular complexity index is 1530. The van der Waals surface area contributed by atoms with Gasteiger partial charge >= 0.3 is 0 Å². The Kier molecular flexibility index (Phi) is 8.73. The fourth-order valence-corrected chi connectivity index (χ4v) is 6.56. The van der Waals surface area contributed by atoms with Gasteiger partial charge in [0.05, 0.1) is 11.4 Å². The predicted molar refractivity (Wildman–Crippen MR) is 159 cm³/mol. The van der Waals surface area contributed by atoms with Crippen molar-refractivity contribution in [2.75, 3.05) is 27.2 Å². The number of ether oxygens (including phenoxy) is 1. The zero-order valence-electron chi connectivity index (χ0n) is 23.6. The van der Waals surface area contributed by atoms with Crippen molar-refractivity contribution < 1.29 is 17.9 Å². The lowest BCUT2D eigenvalue weighted by atomic mass is 9.71. The summed E-state index contributed by atoms with van der Waals surface area (Å²) in [4.78, 5) is 6.92. The van der Waals surface area contributed by atoms with Crippen LogP contribution in [0.2, 0.25) is 5.02 Å². The van der Waals surface area contributed by atoms with E-state index in [1.54, 1.807) is 12.1 Å². The number of nitrogens with zero attached hydrogens (tertiary/aromatic N) is 3. The summed E-state index contributed by atoms with van der Waals surface area (Å²) in [6, 6.07) is 14.8. The number of imidazole rings is 1. The Morgan fingerprint density at radius 3 is 2.41 bits per heavy atom. The quantitative estimate of drug-likeness (QED) is 0.182. The van der Waals surface area contributed by atoms with Crippen molar-refractivity contribution in [1.29, 1.82) is 0 Å². The third kappa shape index (κ3) is 6.15.